The largest absolute Gasteiger partial charge is 0.417 e. The van der Waals surface area contributed by atoms with Crippen molar-refractivity contribution in [3.63, 3.8) is 0 Å². The Morgan fingerprint density at radius 1 is 1.35 bits per heavy atom. The number of rotatable bonds is 3. The molecule has 0 saturated carbocycles. The summed E-state index contributed by atoms with van der Waals surface area (Å²) < 4.78 is 43.2. The maximum Gasteiger partial charge on any atom is 0.417 e. The number of aldehydes is 1. The predicted molar refractivity (Wildman–Crippen MR) is 57.3 cm³/mol. The van der Waals surface area contributed by atoms with Crippen LogP contribution in [0.3, 0.4) is 0 Å². The van der Waals surface area contributed by atoms with E-state index in [1.165, 1.54) is 12.1 Å². The van der Waals surface area contributed by atoms with E-state index in [2.05, 4.69) is 0 Å². The molecule has 2 rings (SSSR count). The lowest BCUT2D eigenvalue weighted by Gasteiger charge is -2.26. The Morgan fingerprint density at radius 3 is 2.53 bits per heavy atom. The average molecular weight is 262 g/mol. The van der Waals surface area contributed by atoms with Crippen molar-refractivity contribution in [3.05, 3.63) is 29.3 Å². The molecule has 1 fully saturated rings. The summed E-state index contributed by atoms with van der Waals surface area (Å²) in [5.41, 5.74) is -0.717. The molecule has 0 spiro atoms. The van der Waals surface area contributed by atoms with Gasteiger partial charge in [-0.2, -0.15) is 13.2 Å². The highest BCUT2D eigenvalue weighted by Gasteiger charge is 2.35. The van der Waals surface area contributed by atoms with Crippen LogP contribution >= 0.6 is 11.8 Å². The fourth-order valence-electron chi connectivity index (χ4n) is 1.41. The van der Waals surface area contributed by atoms with Crippen LogP contribution in [-0.4, -0.2) is 24.7 Å². The minimum absolute atomic E-state index is 0.0338. The molecule has 1 aromatic rings. The Labute approximate surface area is 100 Å². The summed E-state index contributed by atoms with van der Waals surface area (Å²) in [7, 11) is 0. The molecule has 1 saturated heterocycles. The molecule has 0 radical (unpaired) electrons. The Bertz CT molecular complexity index is 427. The second kappa shape index (κ2) is 4.70. The van der Waals surface area contributed by atoms with Crippen molar-refractivity contribution in [2.75, 3.05) is 13.2 Å². The van der Waals surface area contributed by atoms with Gasteiger partial charge in [0.1, 0.15) is 6.29 Å². The molecule has 0 N–H and O–H groups in total. The van der Waals surface area contributed by atoms with Gasteiger partial charge >= 0.3 is 6.18 Å². The highest BCUT2D eigenvalue weighted by atomic mass is 32.2. The van der Waals surface area contributed by atoms with Gasteiger partial charge in [-0.3, -0.25) is 4.79 Å². The molecule has 92 valence electrons. The molecule has 1 aromatic carbocycles. The van der Waals surface area contributed by atoms with Crippen molar-refractivity contribution in [1.82, 2.24) is 0 Å². The second-order valence-electron chi connectivity index (χ2n) is 3.65. The second-order valence-corrected chi connectivity index (χ2v) is 4.99. The minimum atomic E-state index is -4.44. The van der Waals surface area contributed by atoms with Crippen molar-refractivity contribution in [2.45, 2.75) is 16.3 Å². The maximum atomic E-state index is 12.8. The van der Waals surface area contributed by atoms with Crippen LogP contribution in [0.1, 0.15) is 15.9 Å². The van der Waals surface area contributed by atoms with Gasteiger partial charge in [0.2, 0.25) is 0 Å². The van der Waals surface area contributed by atoms with Crippen LogP contribution in [0.25, 0.3) is 0 Å². The molecular formula is C11H9F3O2S. The number of thioether (sulfide) groups is 1. The first kappa shape index (κ1) is 12.4. The van der Waals surface area contributed by atoms with E-state index in [9.17, 15) is 18.0 Å². The van der Waals surface area contributed by atoms with Gasteiger partial charge in [0.05, 0.1) is 24.0 Å². The molecule has 0 amide bonds. The van der Waals surface area contributed by atoms with E-state index in [-0.39, 0.29) is 15.7 Å². The topological polar surface area (TPSA) is 26.3 Å². The van der Waals surface area contributed by atoms with E-state index in [0.29, 0.717) is 19.5 Å². The first-order chi connectivity index (χ1) is 8.00. The number of ether oxygens (including phenoxy) is 1. The highest BCUT2D eigenvalue weighted by Crippen LogP contribution is 2.39. The molecule has 1 heterocycles. The van der Waals surface area contributed by atoms with E-state index in [0.717, 1.165) is 17.8 Å². The van der Waals surface area contributed by atoms with Gasteiger partial charge < -0.3 is 4.74 Å². The van der Waals surface area contributed by atoms with Gasteiger partial charge in [-0.25, -0.2) is 0 Å². The van der Waals surface area contributed by atoms with Gasteiger partial charge in [-0.1, -0.05) is 6.07 Å². The number of halogens is 3. The van der Waals surface area contributed by atoms with Crippen molar-refractivity contribution in [1.29, 1.82) is 0 Å². The van der Waals surface area contributed by atoms with Crippen LogP contribution < -0.4 is 0 Å². The third-order valence-electron chi connectivity index (χ3n) is 2.35. The van der Waals surface area contributed by atoms with Gasteiger partial charge in [-0.05, 0) is 12.1 Å². The molecule has 6 heteroatoms. The lowest BCUT2D eigenvalue weighted by atomic mass is 10.1. The van der Waals surface area contributed by atoms with Gasteiger partial charge in [0.25, 0.3) is 0 Å². The lowest BCUT2D eigenvalue weighted by molar-refractivity contribution is -0.139. The zero-order valence-electron chi connectivity index (χ0n) is 8.66. The van der Waals surface area contributed by atoms with E-state index >= 15 is 0 Å². The van der Waals surface area contributed by atoms with Crippen LogP contribution in [0.15, 0.2) is 23.1 Å². The Balaban J connectivity index is 2.32. The standard InChI is InChI=1S/C11H9F3O2S/c12-11(13,14)9-3-7(4-15)1-2-10(9)17-8-5-16-6-8/h1-4,8H,5-6H2. The number of alkyl halides is 3. The van der Waals surface area contributed by atoms with Crippen LogP contribution in [-0.2, 0) is 10.9 Å². The molecule has 0 aliphatic carbocycles. The summed E-state index contributed by atoms with van der Waals surface area (Å²) >= 11 is 1.14. The third kappa shape index (κ3) is 2.81. The monoisotopic (exact) mass is 262 g/mol. The Kier molecular flexibility index (Phi) is 3.44. The Morgan fingerprint density at radius 2 is 2.06 bits per heavy atom. The molecule has 0 aromatic heterocycles. The first-order valence-electron chi connectivity index (χ1n) is 4.91. The number of hydrogen-bond donors (Lipinski definition) is 0. The summed E-state index contributed by atoms with van der Waals surface area (Å²) in [6.07, 6.45) is -4.03. The van der Waals surface area contributed by atoms with E-state index in [1.54, 1.807) is 0 Å². The zero-order valence-corrected chi connectivity index (χ0v) is 9.48. The van der Waals surface area contributed by atoms with Gasteiger partial charge in [0, 0.05) is 10.5 Å². The number of carbonyl (C=O) groups is 1. The zero-order chi connectivity index (χ0) is 12.5. The van der Waals surface area contributed by atoms with Gasteiger partial charge in [0.15, 0.2) is 0 Å². The predicted octanol–water partition coefficient (Wildman–Crippen LogP) is 3.01. The molecule has 0 bridgehead atoms. The lowest BCUT2D eigenvalue weighted by Crippen LogP contribution is -2.30. The highest BCUT2D eigenvalue weighted by molar-refractivity contribution is 8.00. The molecule has 17 heavy (non-hydrogen) atoms. The van der Waals surface area contributed by atoms with Crippen LogP contribution in [0.5, 0.6) is 0 Å². The SMILES string of the molecule is O=Cc1ccc(SC2COC2)c(C(F)(F)F)c1. The third-order valence-corrected chi connectivity index (χ3v) is 3.56. The number of hydrogen-bond acceptors (Lipinski definition) is 3. The summed E-state index contributed by atoms with van der Waals surface area (Å²) in [6, 6.07) is 3.62. The molecule has 0 atom stereocenters. The summed E-state index contributed by atoms with van der Waals surface area (Å²) in [5, 5.41) is 0.0678. The summed E-state index contributed by atoms with van der Waals surface area (Å²) in [4.78, 5) is 10.6. The Hall–Kier alpha value is -1.01. The van der Waals surface area contributed by atoms with E-state index in [4.69, 9.17) is 4.74 Å². The van der Waals surface area contributed by atoms with Crippen LogP contribution in [0.2, 0.25) is 0 Å². The first-order valence-corrected chi connectivity index (χ1v) is 5.79. The maximum absolute atomic E-state index is 12.8. The van der Waals surface area contributed by atoms with Crippen LogP contribution in [0.4, 0.5) is 13.2 Å². The fraction of sp³-hybridized carbons (Fsp3) is 0.364. The van der Waals surface area contributed by atoms with E-state index in [1.807, 2.05) is 0 Å². The molecule has 1 aliphatic rings. The molecule has 2 nitrogen and oxygen atoms in total. The smallest absolute Gasteiger partial charge is 0.379 e. The number of benzene rings is 1. The molecule has 1 aliphatic heterocycles. The van der Waals surface area contributed by atoms with Crippen LogP contribution in [0, 0.1) is 0 Å². The summed E-state index contributed by atoms with van der Waals surface area (Å²) in [6.45, 7) is 0.939. The van der Waals surface area contributed by atoms with Crippen molar-refractivity contribution in [2.24, 2.45) is 0 Å². The fourth-order valence-corrected chi connectivity index (χ4v) is 2.54. The van der Waals surface area contributed by atoms with E-state index < -0.39 is 11.7 Å². The number of carbonyl (C=O) groups excluding carboxylic acids is 1. The quantitative estimate of drug-likeness (QED) is 0.783. The molecular weight excluding hydrogens is 253 g/mol. The molecule has 0 unspecified atom stereocenters. The average Bonchev–Trinajstić information content (AvgIpc) is 2.22. The van der Waals surface area contributed by atoms with Gasteiger partial charge in [-0.15, -0.1) is 11.8 Å². The van der Waals surface area contributed by atoms with Crippen molar-refractivity contribution < 1.29 is 22.7 Å². The minimum Gasteiger partial charge on any atom is -0.379 e. The summed E-state index contributed by atoms with van der Waals surface area (Å²) in [5.74, 6) is 0. The normalized spacial score (nSPS) is 16.6. The van der Waals surface area contributed by atoms with Crippen molar-refractivity contribution >= 4 is 18.0 Å². The van der Waals surface area contributed by atoms with Crippen molar-refractivity contribution in [3.8, 4) is 0 Å².